The highest BCUT2D eigenvalue weighted by Gasteiger charge is 2.16. The summed E-state index contributed by atoms with van der Waals surface area (Å²) in [4.78, 5) is 30.4. The zero-order valence-electron chi connectivity index (χ0n) is 10.4. The van der Waals surface area contributed by atoms with E-state index in [1.165, 1.54) is 12.3 Å². The van der Waals surface area contributed by atoms with E-state index in [2.05, 4.69) is 47.1 Å². The second-order valence-corrected chi connectivity index (χ2v) is 5.51. The van der Waals surface area contributed by atoms with Crippen molar-refractivity contribution < 1.29 is 9.72 Å². The van der Waals surface area contributed by atoms with Crippen molar-refractivity contribution in [2.24, 2.45) is 0 Å². The number of carbonyl (C=O) groups is 1. The number of nitro benzene ring substituents is 1. The zero-order valence-corrected chi connectivity index (χ0v) is 13.6. The number of halogens is 2. The third-order valence-corrected chi connectivity index (χ3v) is 3.43. The second-order valence-electron chi connectivity index (χ2n) is 3.94. The van der Waals surface area contributed by atoms with Gasteiger partial charge in [-0.3, -0.25) is 14.9 Å². The first-order valence-electron chi connectivity index (χ1n) is 5.67. The highest BCUT2D eigenvalue weighted by molar-refractivity contribution is 9.11. The molecule has 9 heteroatoms. The number of amides is 1. The van der Waals surface area contributed by atoms with E-state index in [4.69, 9.17) is 0 Å². The van der Waals surface area contributed by atoms with Gasteiger partial charge in [-0.25, -0.2) is 9.97 Å². The van der Waals surface area contributed by atoms with Crippen LogP contribution in [0.15, 0.2) is 39.7 Å². The maximum Gasteiger partial charge on any atom is 0.273 e. The van der Waals surface area contributed by atoms with Crippen LogP contribution in [0, 0.1) is 10.1 Å². The number of anilines is 1. The molecule has 7 nitrogen and oxygen atoms in total. The number of nitrogens with zero attached hydrogens (tertiary/aromatic N) is 3. The molecule has 1 amide bonds. The number of para-hydroxylation sites is 1. The summed E-state index contributed by atoms with van der Waals surface area (Å²) in [5, 5.41) is 13.4. The number of nitrogens with one attached hydrogen (secondary N) is 1. The molecule has 1 aromatic heterocycles. The first kappa shape index (κ1) is 15.5. The topological polar surface area (TPSA) is 98.0 Å². The largest absolute Gasteiger partial charge is 0.308 e. The van der Waals surface area contributed by atoms with Crippen LogP contribution in [0.25, 0.3) is 0 Å². The van der Waals surface area contributed by atoms with Gasteiger partial charge in [0.25, 0.3) is 5.69 Å². The van der Waals surface area contributed by atoms with Gasteiger partial charge in [-0.1, -0.05) is 18.2 Å². The second kappa shape index (κ2) is 6.72. The minimum Gasteiger partial charge on any atom is -0.308 e. The predicted molar refractivity (Wildman–Crippen MR) is 82.9 cm³/mol. The highest BCUT2D eigenvalue weighted by Crippen LogP contribution is 2.21. The van der Waals surface area contributed by atoms with E-state index in [0.29, 0.717) is 14.8 Å². The minimum atomic E-state index is -0.516. The third-order valence-electron chi connectivity index (χ3n) is 2.50. The smallest absolute Gasteiger partial charge is 0.273 e. The first-order chi connectivity index (χ1) is 9.97. The van der Waals surface area contributed by atoms with Crippen LogP contribution in [0.4, 0.5) is 11.5 Å². The average Bonchev–Trinajstić information content (AvgIpc) is 2.42. The van der Waals surface area contributed by atoms with E-state index in [0.717, 1.165) is 0 Å². The minimum absolute atomic E-state index is 0.0893. The van der Waals surface area contributed by atoms with E-state index >= 15 is 0 Å². The molecule has 1 aromatic carbocycles. The summed E-state index contributed by atoms with van der Waals surface area (Å²) in [6.07, 6.45) is 1.31. The molecule has 0 aliphatic heterocycles. The van der Waals surface area contributed by atoms with Gasteiger partial charge in [0.15, 0.2) is 5.82 Å². The van der Waals surface area contributed by atoms with Crippen LogP contribution in [-0.2, 0) is 11.2 Å². The zero-order chi connectivity index (χ0) is 15.4. The molecule has 0 unspecified atom stereocenters. The molecule has 21 heavy (non-hydrogen) atoms. The van der Waals surface area contributed by atoms with Crippen molar-refractivity contribution in [1.82, 2.24) is 9.97 Å². The lowest BCUT2D eigenvalue weighted by atomic mass is 10.1. The van der Waals surface area contributed by atoms with Crippen molar-refractivity contribution in [2.75, 3.05) is 5.32 Å². The Labute approximate surface area is 136 Å². The van der Waals surface area contributed by atoms with Crippen LogP contribution in [0.5, 0.6) is 0 Å². The molecule has 0 atom stereocenters. The number of hydrogen-bond donors (Lipinski definition) is 1. The van der Waals surface area contributed by atoms with Crippen LogP contribution in [0.1, 0.15) is 5.56 Å². The molecule has 0 radical (unpaired) electrons. The molecular formula is C12H8Br2N4O3. The van der Waals surface area contributed by atoms with Gasteiger partial charge in [0.1, 0.15) is 9.21 Å². The van der Waals surface area contributed by atoms with E-state index in [1.807, 2.05) is 0 Å². The van der Waals surface area contributed by atoms with E-state index in [9.17, 15) is 14.9 Å². The molecule has 0 saturated carbocycles. The van der Waals surface area contributed by atoms with E-state index in [-0.39, 0.29) is 17.9 Å². The molecule has 0 spiro atoms. The summed E-state index contributed by atoms with van der Waals surface area (Å²) >= 11 is 6.32. The van der Waals surface area contributed by atoms with Crippen molar-refractivity contribution in [3.05, 3.63) is 55.3 Å². The Kier molecular flexibility index (Phi) is 4.97. The Hall–Kier alpha value is -1.87. The van der Waals surface area contributed by atoms with Crippen LogP contribution >= 0.6 is 31.9 Å². The Bertz CT molecular complexity index is 709. The van der Waals surface area contributed by atoms with Gasteiger partial charge in [0, 0.05) is 11.6 Å². The average molecular weight is 416 g/mol. The van der Waals surface area contributed by atoms with Gasteiger partial charge in [0.05, 0.1) is 17.5 Å². The molecule has 0 fully saturated rings. The Morgan fingerprint density at radius 3 is 2.71 bits per heavy atom. The fraction of sp³-hybridized carbons (Fsp3) is 0.0833. The normalized spacial score (nSPS) is 10.2. The molecule has 0 bridgehead atoms. The summed E-state index contributed by atoms with van der Waals surface area (Å²) in [6, 6.07) is 6.10. The lowest BCUT2D eigenvalue weighted by Gasteiger charge is -2.06. The van der Waals surface area contributed by atoms with Crippen molar-refractivity contribution in [1.29, 1.82) is 0 Å². The van der Waals surface area contributed by atoms with Crippen molar-refractivity contribution in [3.63, 3.8) is 0 Å². The number of aromatic nitrogens is 2. The SMILES string of the molecule is O=C(Cc1ccccc1[N+](=O)[O-])Nc1ncc(Br)nc1Br. The molecule has 0 saturated heterocycles. The molecular weight excluding hydrogens is 408 g/mol. The molecule has 0 aliphatic carbocycles. The Morgan fingerprint density at radius 2 is 2.05 bits per heavy atom. The van der Waals surface area contributed by atoms with Crippen molar-refractivity contribution >= 4 is 49.3 Å². The molecule has 1 N–H and O–H groups in total. The molecule has 2 rings (SSSR count). The number of benzene rings is 1. The maximum atomic E-state index is 12.0. The monoisotopic (exact) mass is 414 g/mol. The van der Waals surface area contributed by atoms with Crippen molar-refractivity contribution in [2.45, 2.75) is 6.42 Å². The number of hydrogen-bond acceptors (Lipinski definition) is 5. The van der Waals surface area contributed by atoms with E-state index in [1.54, 1.807) is 18.2 Å². The van der Waals surface area contributed by atoms with Gasteiger partial charge in [-0.15, -0.1) is 0 Å². The summed E-state index contributed by atoms with van der Waals surface area (Å²) in [5.74, 6) is -0.164. The molecule has 1 heterocycles. The molecule has 0 aliphatic rings. The summed E-state index contributed by atoms with van der Waals surface area (Å²) in [7, 11) is 0. The quantitative estimate of drug-likeness (QED) is 0.611. The fourth-order valence-corrected chi connectivity index (χ4v) is 2.53. The first-order valence-corrected chi connectivity index (χ1v) is 7.26. The number of rotatable bonds is 4. The summed E-state index contributed by atoms with van der Waals surface area (Å²) in [6.45, 7) is 0. The van der Waals surface area contributed by atoms with E-state index < -0.39 is 10.8 Å². The van der Waals surface area contributed by atoms with Gasteiger partial charge < -0.3 is 5.32 Å². The summed E-state index contributed by atoms with van der Waals surface area (Å²) in [5.41, 5.74) is 0.245. The fourth-order valence-electron chi connectivity index (χ4n) is 1.62. The standard InChI is InChI=1S/C12H8Br2N4O3/c13-9-6-15-12(11(14)16-9)17-10(19)5-7-3-1-2-4-8(7)18(20)21/h1-4,6H,5H2,(H,15,17,19). The van der Waals surface area contributed by atoms with Crippen LogP contribution in [-0.4, -0.2) is 20.8 Å². The predicted octanol–water partition coefficient (Wildman–Crippen LogP) is 3.09. The Balaban J connectivity index is 2.14. The molecule has 2 aromatic rings. The number of nitro groups is 1. The van der Waals surface area contributed by atoms with Gasteiger partial charge in [-0.05, 0) is 31.9 Å². The molecule has 108 valence electrons. The van der Waals surface area contributed by atoms with Crippen LogP contribution in [0.3, 0.4) is 0 Å². The Morgan fingerprint density at radius 1 is 1.33 bits per heavy atom. The van der Waals surface area contributed by atoms with Gasteiger partial charge in [-0.2, -0.15) is 0 Å². The van der Waals surface area contributed by atoms with Gasteiger partial charge in [0.2, 0.25) is 5.91 Å². The van der Waals surface area contributed by atoms with Crippen molar-refractivity contribution in [3.8, 4) is 0 Å². The third kappa shape index (κ3) is 4.05. The van der Waals surface area contributed by atoms with Crippen LogP contribution < -0.4 is 5.32 Å². The lowest BCUT2D eigenvalue weighted by molar-refractivity contribution is -0.385. The summed E-state index contributed by atoms with van der Waals surface area (Å²) < 4.78 is 0.888. The maximum absolute atomic E-state index is 12.0. The van der Waals surface area contributed by atoms with Gasteiger partial charge >= 0.3 is 0 Å². The van der Waals surface area contributed by atoms with Crippen LogP contribution in [0.2, 0.25) is 0 Å². The lowest BCUT2D eigenvalue weighted by Crippen LogP contribution is -2.16. The number of carbonyl (C=O) groups excluding carboxylic acids is 1. The highest BCUT2D eigenvalue weighted by atomic mass is 79.9.